The summed E-state index contributed by atoms with van der Waals surface area (Å²) in [5, 5.41) is 3.18. The first kappa shape index (κ1) is 19.5. The predicted molar refractivity (Wildman–Crippen MR) is 117 cm³/mol. The summed E-state index contributed by atoms with van der Waals surface area (Å²) in [7, 11) is 1.57. The number of para-hydroxylation sites is 1. The lowest BCUT2D eigenvalue weighted by atomic mass is 10.0. The number of anilines is 1. The third kappa shape index (κ3) is 3.70. The Morgan fingerprint density at radius 3 is 2.20 bits per heavy atom. The molecule has 0 aliphatic carbocycles. The summed E-state index contributed by atoms with van der Waals surface area (Å²) in [4.78, 5) is 27.9. The van der Waals surface area contributed by atoms with Gasteiger partial charge in [0.1, 0.15) is 11.4 Å². The van der Waals surface area contributed by atoms with Crippen LogP contribution in [0.1, 0.15) is 16.7 Å². The van der Waals surface area contributed by atoms with Crippen LogP contribution in [-0.2, 0) is 16.1 Å². The number of amides is 2. The van der Waals surface area contributed by atoms with E-state index in [0.29, 0.717) is 16.9 Å². The van der Waals surface area contributed by atoms with Crippen molar-refractivity contribution in [2.45, 2.75) is 13.5 Å². The number of nitrogens with zero attached hydrogens (tertiary/aromatic N) is 1. The van der Waals surface area contributed by atoms with Crippen LogP contribution in [0.25, 0.3) is 5.57 Å². The SMILES string of the molecule is COc1ccccc1CN1C(=O)C(Nc2ccc(C)cc2)=C(c2ccccc2)C1=O. The van der Waals surface area contributed by atoms with Crippen molar-refractivity contribution in [2.24, 2.45) is 0 Å². The lowest BCUT2D eigenvalue weighted by molar-refractivity contribution is -0.137. The van der Waals surface area contributed by atoms with Crippen molar-refractivity contribution in [1.29, 1.82) is 0 Å². The first-order valence-corrected chi connectivity index (χ1v) is 9.70. The summed E-state index contributed by atoms with van der Waals surface area (Å²) in [6, 6.07) is 24.4. The fourth-order valence-corrected chi connectivity index (χ4v) is 3.49. The summed E-state index contributed by atoms with van der Waals surface area (Å²) >= 11 is 0. The Morgan fingerprint density at radius 2 is 1.50 bits per heavy atom. The zero-order chi connectivity index (χ0) is 21.1. The van der Waals surface area contributed by atoms with Gasteiger partial charge in [-0.15, -0.1) is 0 Å². The highest BCUT2D eigenvalue weighted by molar-refractivity contribution is 6.36. The van der Waals surface area contributed by atoms with Crippen LogP contribution in [-0.4, -0.2) is 23.8 Å². The summed E-state index contributed by atoms with van der Waals surface area (Å²) in [5.74, 6) is -0.0450. The van der Waals surface area contributed by atoms with Gasteiger partial charge in [-0.25, -0.2) is 0 Å². The highest BCUT2D eigenvalue weighted by Gasteiger charge is 2.39. The van der Waals surface area contributed by atoms with Crippen LogP contribution in [0.4, 0.5) is 5.69 Å². The molecule has 150 valence electrons. The molecule has 1 aliphatic heterocycles. The molecular weight excluding hydrogens is 376 g/mol. The Morgan fingerprint density at radius 1 is 0.833 bits per heavy atom. The lowest BCUT2D eigenvalue weighted by Gasteiger charge is -2.17. The van der Waals surface area contributed by atoms with Gasteiger partial charge in [-0.1, -0.05) is 66.2 Å². The number of carbonyl (C=O) groups is 2. The zero-order valence-electron chi connectivity index (χ0n) is 16.9. The number of hydrogen-bond acceptors (Lipinski definition) is 4. The molecule has 4 rings (SSSR count). The maximum atomic E-state index is 13.3. The number of imide groups is 1. The number of carbonyl (C=O) groups excluding carboxylic acids is 2. The molecule has 0 atom stereocenters. The maximum absolute atomic E-state index is 13.3. The van der Waals surface area contributed by atoms with Crippen molar-refractivity contribution in [3.05, 3.63) is 101 Å². The second-order valence-electron chi connectivity index (χ2n) is 7.12. The van der Waals surface area contributed by atoms with E-state index in [9.17, 15) is 9.59 Å². The summed E-state index contributed by atoms with van der Waals surface area (Å²) in [6.07, 6.45) is 0. The molecule has 2 amide bonds. The minimum Gasteiger partial charge on any atom is -0.496 e. The fraction of sp³-hybridized carbons (Fsp3) is 0.120. The number of hydrogen-bond donors (Lipinski definition) is 1. The Labute approximate surface area is 175 Å². The van der Waals surface area contributed by atoms with Gasteiger partial charge in [0, 0.05) is 11.3 Å². The van der Waals surface area contributed by atoms with Crippen molar-refractivity contribution >= 4 is 23.1 Å². The number of ether oxygens (including phenoxy) is 1. The van der Waals surface area contributed by atoms with Crippen molar-refractivity contribution in [2.75, 3.05) is 12.4 Å². The monoisotopic (exact) mass is 398 g/mol. The van der Waals surface area contributed by atoms with E-state index < -0.39 is 0 Å². The molecule has 3 aromatic carbocycles. The molecule has 0 unspecified atom stereocenters. The molecule has 3 aromatic rings. The standard InChI is InChI=1S/C25H22N2O3/c1-17-12-14-20(15-13-17)26-23-22(18-8-4-3-5-9-18)24(28)27(25(23)29)16-19-10-6-7-11-21(19)30-2/h3-15,26H,16H2,1-2H3. The molecule has 1 N–H and O–H groups in total. The summed E-state index contributed by atoms with van der Waals surface area (Å²) < 4.78 is 5.39. The molecule has 0 fully saturated rings. The van der Waals surface area contributed by atoms with Crippen LogP contribution in [0.3, 0.4) is 0 Å². The van der Waals surface area contributed by atoms with Gasteiger partial charge in [0.15, 0.2) is 0 Å². The van der Waals surface area contributed by atoms with E-state index in [1.165, 1.54) is 4.90 Å². The van der Waals surface area contributed by atoms with Gasteiger partial charge >= 0.3 is 0 Å². The van der Waals surface area contributed by atoms with E-state index in [4.69, 9.17) is 4.74 Å². The highest BCUT2D eigenvalue weighted by atomic mass is 16.5. The average molecular weight is 398 g/mol. The van der Waals surface area contributed by atoms with Crippen molar-refractivity contribution < 1.29 is 14.3 Å². The number of aryl methyl sites for hydroxylation is 1. The minimum absolute atomic E-state index is 0.136. The molecule has 0 saturated heterocycles. The molecule has 0 bridgehead atoms. The lowest BCUT2D eigenvalue weighted by Crippen LogP contribution is -2.32. The van der Waals surface area contributed by atoms with Crippen LogP contribution >= 0.6 is 0 Å². The maximum Gasteiger partial charge on any atom is 0.278 e. The Balaban J connectivity index is 1.73. The van der Waals surface area contributed by atoms with Crippen LogP contribution in [0.5, 0.6) is 5.75 Å². The molecular formula is C25H22N2O3. The molecule has 0 saturated carbocycles. The molecule has 0 radical (unpaired) electrons. The first-order valence-electron chi connectivity index (χ1n) is 9.70. The third-order valence-corrected chi connectivity index (χ3v) is 5.07. The van der Waals surface area contributed by atoms with E-state index in [2.05, 4.69) is 5.32 Å². The van der Waals surface area contributed by atoms with Gasteiger partial charge in [-0.3, -0.25) is 14.5 Å². The minimum atomic E-state index is -0.356. The topological polar surface area (TPSA) is 58.6 Å². The van der Waals surface area contributed by atoms with Gasteiger partial charge in [-0.2, -0.15) is 0 Å². The van der Waals surface area contributed by atoms with Crippen molar-refractivity contribution in [1.82, 2.24) is 4.90 Å². The normalized spacial score (nSPS) is 13.7. The molecule has 0 spiro atoms. The van der Waals surface area contributed by atoms with Gasteiger partial charge in [0.2, 0.25) is 0 Å². The van der Waals surface area contributed by atoms with Gasteiger partial charge in [0.05, 0.1) is 19.2 Å². The molecule has 5 heteroatoms. The Hall–Kier alpha value is -3.86. The van der Waals surface area contributed by atoms with Gasteiger partial charge in [-0.05, 0) is 30.7 Å². The second kappa shape index (κ2) is 8.25. The number of benzene rings is 3. The van der Waals surface area contributed by atoms with Crippen LogP contribution in [0.2, 0.25) is 0 Å². The molecule has 1 heterocycles. The summed E-state index contributed by atoms with van der Waals surface area (Å²) in [6.45, 7) is 2.13. The number of methoxy groups -OCH3 is 1. The van der Waals surface area contributed by atoms with Crippen LogP contribution in [0.15, 0.2) is 84.6 Å². The Kier molecular flexibility index (Phi) is 5.35. The fourth-order valence-electron chi connectivity index (χ4n) is 3.49. The zero-order valence-corrected chi connectivity index (χ0v) is 16.9. The third-order valence-electron chi connectivity index (χ3n) is 5.07. The van der Waals surface area contributed by atoms with E-state index in [1.54, 1.807) is 7.11 Å². The highest BCUT2D eigenvalue weighted by Crippen LogP contribution is 2.32. The molecule has 5 nitrogen and oxygen atoms in total. The number of rotatable bonds is 6. The molecule has 1 aliphatic rings. The van der Waals surface area contributed by atoms with E-state index in [0.717, 1.165) is 16.8 Å². The van der Waals surface area contributed by atoms with Crippen LogP contribution in [0, 0.1) is 6.92 Å². The van der Waals surface area contributed by atoms with Crippen LogP contribution < -0.4 is 10.1 Å². The molecule has 0 aromatic heterocycles. The van der Waals surface area contributed by atoms with Crippen molar-refractivity contribution in [3.8, 4) is 5.75 Å². The Bertz CT molecular complexity index is 1120. The van der Waals surface area contributed by atoms with E-state index in [-0.39, 0.29) is 24.1 Å². The van der Waals surface area contributed by atoms with Crippen molar-refractivity contribution in [3.63, 3.8) is 0 Å². The summed E-state index contributed by atoms with van der Waals surface area (Å²) in [5.41, 5.74) is 3.99. The quantitative estimate of drug-likeness (QED) is 0.626. The van der Waals surface area contributed by atoms with Gasteiger partial charge in [0.25, 0.3) is 11.8 Å². The second-order valence-corrected chi connectivity index (χ2v) is 7.12. The smallest absolute Gasteiger partial charge is 0.278 e. The first-order chi connectivity index (χ1) is 14.6. The van der Waals surface area contributed by atoms with E-state index >= 15 is 0 Å². The predicted octanol–water partition coefficient (Wildman–Crippen LogP) is 4.40. The van der Waals surface area contributed by atoms with E-state index in [1.807, 2.05) is 85.8 Å². The average Bonchev–Trinajstić information content (AvgIpc) is 3.00. The molecule has 30 heavy (non-hydrogen) atoms. The number of nitrogens with one attached hydrogen (secondary N) is 1. The van der Waals surface area contributed by atoms with Gasteiger partial charge < -0.3 is 10.1 Å². The largest absolute Gasteiger partial charge is 0.496 e.